The lowest BCUT2D eigenvalue weighted by molar-refractivity contribution is 0.601. The third-order valence-electron chi connectivity index (χ3n) is 2.23. The average molecular weight is 286 g/mol. The van der Waals surface area contributed by atoms with E-state index < -0.39 is 15.8 Å². The summed E-state index contributed by atoms with van der Waals surface area (Å²) in [6, 6.07) is 11.5. The third kappa shape index (κ3) is 2.80. The highest BCUT2D eigenvalue weighted by Gasteiger charge is 2.13. The van der Waals surface area contributed by atoms with Gasteiger partial charge in [0.1, 0.15) is 5.82 Å². The standard InChI is InChI=1S/C12H9ClFNO2S/c13-11-8-9(6-7-12(11)14)15-18(16,17)10-4-2-1-3-5-10/h1-8,15H. The molecule has 3 nitrogen and oxygen atoms in total. The second-order valence-corrected chi connectivity index (χ2v) is 5.64. The van der Waals surface area contributed by atoms with E-state index in [2.05, 4.69) is 4.72 Å². The molecule has 0 spiro atoms. The van der Waals surface area contributed by atoms with E-state index in [-0.39, 0.29) is 15.6 Å². The Hall–Kier alpha value is -1.59. The second kappa shape index (κ2) is 4.96. The van der Waals surface area contributed by atoms with Crippen LogP contribution in [0.3, 0.4) is 0 Å². The van der Waals surface area contributed by atoms with Gasteiger partial charge in [0.25, 0.3) is 10.0 Å². The number of hydrogen-bond donors (Lipinski definition) is 1. The zero-order valence-corrected chi connectivity index (χ0v) is 10.7. The first-order valence-corrected chi connectivity index (χ1v) is 6.88. The van der Waals surface area contributed by atoms with Gasteiger partial charge in [-0.2, -0.15) is 0 Å². The molecule has 0 atom stereocenters. The third-order valence-corrected chi connectivity index (χ3v) is 3.91. The summed E-state index contributed by atoms with van der Waals surface area (Å²) in [7, 11) is -3.67. The Kier molecular flexibility index (Phi) is 3.54. The highest BCUT2D eigenvalue weighted by molar-refractivity contribution is 7.92. The highest BCUT2D eigenvalue weighted by Crippen LogP contribution is 2.21. The van der Waals surface area contributed by atoms with Gasteiger partial charge in [0, 0.05) is 0 Å². The number of nitrogens with one attached hydrogen (secondary N) is 1. The normalized spacial score (nSPS) is 11.2. The molecule has 0 aliphatic carbocycles. The lowest BCUT2D eigenvalue weighted by Crippen LogP contribution is -2.12. The number of hydrogen-bond acceptors (Lipinski definition) is 2. The number of rotatable bonds is 3. The van der Waals surface area contributed by atoms with Crippen LogP contribution in [0.25, 0.3) is 0 Å². The molecule has 0 aliphatic heterocycles. The maximum atomic E-state index is 12.9. The monoisotopic (exact) mass is 285 g/mol. The van der Waals surface area contributed by atoms with E-state index in [1.807, 2.05) is 0 Å². The topological polar surface area (TPSA) is 46.2 Å². The van der Waals surface area contributed by atoms with Crippen molar-refractivity contribution in [3.63, 3.8) is 0 Å². The molecule has 94 valence electrons. The van der Waals surface area contributed by atoms with Crippen molar-refractivity contribution >= 4 is 27.3 Å². The van der Waals surface area contributed by atoms with Crippen molar-refractivity contribution in [2.24, 2.45) is 0 Å². The van der Waals surface area contributed by atoms with Gasteiger partial charge in [0.2, 0.25) is 0 Å². The minimum atomic E-state index is -3.67. The van der Waals surface area contributed by atoms with Crippen LogP contribution in [0.5, 0.6) is 0 Å². The SMILES string of the molecule is O=S(=O)(Nc1ccc(F)c(Cl)c1)c1ccccc1. The molecule has 2 aromatic carbocycles. The molecule has 2 aromatic rings. The van der Waals surface area contributed by atoms with Gasteiger partial charge in [-0.05, 0) is 30.3 Å². The molecule has 0 aliphatic rings. The van der Waals surface area contributed by atoms with Gasteiger partial charge in [-0.1, -0.05) is 29.8 Å². The minimum Gasteiger partial charge on any atom is -0.280 e. The summed E-state index contributed by atoms with van der Waals surface area (Å²) in [6.07, 6.45) is 0. The van der Waals surface area contributed by atoms with Crippen LogP contribution >= 0.6 is 11.6 Å². The first kappa shape index (κ1) is 12.9. The predicted octanol–water partition coefficient (Wildman–Crippen LogP) is 3.28. The fourth-order valence-corrected chi connectivity index (χ4v) is 2.62. The Morgan fingerprint density at radius 2 is 1.72 bits per heavy atom. The fourth-order valence-electron chi connectivity index (χ4n) is 1.37. The molecule has 18 heavy (non-hydrogen) atoms. The molecule has 0 amide bonds. The van der Waals surface area contributed by atoms with E-state index >= 15 is 0 Å². The van der Waals surface area contributed by atoms with Crippen LogP contribution in [0, 0.1) is 5.82 Å². The summed E-state index contributed by atoms with van der Waals surface area (Å²) in [4.78, 5) is 0.130. The smallest absolute Gasteiger partial charge is 0.261 e. The highest BCUT2D eigenvalue weighted by atomic mass is 35.5. The second-order valence-electron chi connectivity index (χ2n) is 3.55. The Labute approximate surface area is 109 Å². The molecule has 0 aromatic heterocycles. The van der Waals surface area contributed by atoms with Gasteiger partial charge in [-0.3, -0.25) is 4.72 Å². The van der Waals surface area contributed by atoms with Gasteiger partial charge in [0.15, 0.2) is 0 Å². The lowest BCUT2D eigenvalue weighted by Gasteiger charge is -2.08. The van der Waals surface area contributed by atoms with Crippen LogP contribution in [0.15, 0.2) is 53.4 Å². The maximum absolute atomic E-state index is 12.9. The first-order chi connectivity index (χ1) is 8.49. The predicted molar refractivity (Wildman–Crippen MR) is 68.7 cm³/mol. The molecule has 6 heteroatoms. The van der Waals surface area contributed by atoms with Gasteiger partial charge < -0.3 is 0 Å². The fraction of sp³-hybridized carbons (Fsp3) is 0. The van der Waals surface area contributed by atoms with Crippen molar-refractivity contribution in [3.05, 3.63) is 59.4 Å². The summed E-state index contributed by atoms with van der Waals surface area (Å²) >= 11 is 5.58. The van der Waals surface area contributed by atoms with Crippen molar-refractivity contribution in [2.75, 3.05) is 4.72 Å². The van der Waals surface area contributed by atoms with Crippen LogP contribution in [0.1, 0.15) is 0 Å². The van der Waals surface area contributed by atoms with E-state index in [0.717, 1.165) is 6.07 Å². The minimum absolute atomic E-state index is 0.130. The first-order valence-electron chi connectivity index (χ1n) is 5.02. The quantitative estimate of drug-likeness (QED) is 0.941. The molecule has 0 bridgehead atoms. The molecule has 0 fully saturated rings. The largest absolute Gasteiger partial charge is 0.280 e. The molecule has 0 heterocycles. The van der Waals surface area contributed by atoms with Crippen molar-refractivity contribution in [3.8, 4) is 0 Å². The molecular weight excluding hydrogens is 277 g/mol. The zero-order valence-electron chi connectivity index (χ0n) is 9.10. The molecule has 0 radical (unpaired) electrons. The Morgan fingerprint density at radius 3 is 2.33 bits per heavy atom. The molecule has 0 unspecified atom stereocenters. The van der Waals surface area contributed by atoms with Gasteiger partial charge in [-0.15, -0.1) is 0 Å². The lowest BCUT2D eigenvalue weighted by atomic mass is 10.3. The van der Waals surface area contributed by atoms with Crippen LogP contribution < -0.4 is 4.72 Å². The van der Waals surface area contributed by atoms with Crippen molar-refractivity contribution < 1.29 is 12.8 Å². The Morgan fingerprint density at radius 1 is 1.06 bits per heavy atom. The van der Waals surface area contributed by atoms with E-state index in [1.165, 1.54) is 24.3 Å². The number of sulfonamides is 1. The maximum Gasteiger partial charge on any atom is 0.261 e. The number of halogens is 2. The molecule has 0 saturated heterocycles. The number of benzene rings is 2. The van der Waals surface area contributed by atoms with E-state index in [1.54, 1.807) is 18.2 Å². The van der Waals surface area contributed by atoms with Gasteiger partial charge in [-0.25, -0.2) is 12.8 Å². The van der Waals surface area contributed by atoms with E-state index in [0.29, 0.717) is 0 Å². The summed E-state index contributed by atoms with van der Waals surface area (Å²) in [6.45, 7) is 0. The summed E-state index contributed by atoms with van der Waals surface area (Å²) in [5.74, 6) is -0.598. The zero-order chi connectivity index (χ0) is 13.2. The van der Waals surface area contributed by atoms with Crippen LogP contribution in [0.4, 0.5) is 10.1 Å². The van der Waals surface area contributed by atoms with Crippen LogP contribution in [-0.2, 0) is 10.0 Å². The molecule has 1 N–H and O–H groups in total. The Balaban J connectivity index is 2.31. The van der Waals surface area contributed by atoms with Crippen molar-refractivity contribution in [1.29, 1.82) is 0 Å². The summed E-state index contributed by atoms with van der Waals surface area (Å²) in [5.41, 5.74) is 0.213. The van der Waals surface area contributed by atoms with Gasteiger partial charge >= 0.3 is 0 Å². The van der Waals surface area contributed by atoms with Crippen molar-refractivity contribution in [2.45, 2.75) is 4.90 Å². The van der Waals surface area contributed by atoms with Crippen molar-refractivity contribution in [1.82, 2.24) is 0 Å². The van der Waals surface area contributed by atoms with E-state index in [9.17, 15) is 12.8 Å². The molecular formula is C12H9ClFNO2S. The molecule has 2 rings (SSSR count). The number of anilines is 1. The van der Waals surface area contributed by atoms with E-state index in [4.69, 9.17) is 11.6 Å². The molecule has 0 saturated carbocycles. The summed E-state index contributed by atoms with van der Waals surface area (Å²) < 4.78 is 39.2. The van der Waals surface area contributed by atoms with Crippen LogP contribution in [-0.4, -0.2) is 8.42 Å². The van der Waals surface area contributed by atoms with Gasteiger partial charge in [0.05, 0.1) is 15.6 Å². The average Bonchev–Trinajstić information content (AvgIpc) is 2.35. The Bertz CT molecular complexity index is 659. The summed E-state index contributed by atoms with van der Waals surface area (Å²) in [5, 5.41) is -0.136. The van der Waals surface area contributed by atoms with Crippen LogP contribution in [0.2, 0.25) is 5.02 Å².